The first-order valence-corrected chi connectivity index (χ1v) is 7.43. The SMILES string of the molecule is CC1Cc2ccccc2[C@H](c2ccc(Cl)c(Cl)c2)C1. The van der Waals surface area contributed by atoms with Crippen molar-refractivity contribution in [3.05, 3.63) is 69.2 Å². The van der Waals surface area contributed by atoms with Crippen molar-refractivity contribution >= 4 is 23.2 Å². The fraction of sp³-hybridized carbons (Fsp3) is 0.294. The fourth-order valence-corrected chi connectivity index (χ4v) is 3.40. The second kappa shape index (κ2) is 5.19. The standard InChI is InChI=1S/C17H16Cl2/c1-11-8-12-4-2-3-5-14(12)15(9-11)13-6-7-16(18)17(19)10-13/h2-7,10-11,15H,8-9H2,1H3/t11?,15-/m0/s1. The van der Waals surface area contributed by atoms with Gasteiger partial charge in [0.15, 0.2) is 0 Å². The molecule has 0 aromatic heterocycles. The van der Waals surface area contributed by atoms with E-state index in [1.807, 2.05) is 12.1 Å². The van der Waals surface area contributed by atoms with Gasteiger partial charge >= 0.3 is 0 Å². The van der Waals surface area contributed by atoms with Gasteiger partial charge in [0.25, 0.3) is 0 Å². The summed E-state index contributed by atoms with van der Waals surface area (Å²) in [5, 5.41) is 1.28. The molecule has 1 aliphatic rings. The zero-order valence-corrected chi connectivity index (χ0v) is 12.4. The molecular formula is C17H16Cl2. The van der Waals surface area contributed by atoms with Gasteiger partial charge in [0, 0.05) is 5.92 Å². The quantitative estimate of drug-likeness (QED) is 0.631. The van der Waals surface area contributed by atoms with E-state index in [-0.39, 0.29) is 0 Å². The van der Waals surface area contributed by atoms with Crippen molar-refractivity contribution < 1.29 is 0 Å². The average molecular weight is 291 g/mol. The van der Waals surface area contributed by atoms with Crippen LogP contribution in [0.2, 0.25) is 10.0 Å². The Kier molecular flexibility index (Phi) is 3.56. The van der Waals surface area contributed by atoms with Crippen LogP contribution in [0.5, 0.6) is 0 Å². The van der Waals surface area contributed by atoms with E-state index in [1.54, 1.807) is 0 Å². The summed E-state index contributed by atoms with van der Waals surface area (Å²) in [7, 11) is 0. The Labute approximate surface area is 124 Å². The van der Waals surface area contributed by atoms with E-state index < -0.39 is 0 Å². The maximum Gasteiger partial charge on any atom is 0.0595 e. The summed E-state index contributed by atoms with van der Waals surface area (Å²) in [6.45, 7) is 2.32. The third kappa shape index (κ3) is 2.52. The summed E-state index contributed by atoms with van der Waals surface area (Å²) < 4.78 is 0. The van der Waals surface area contributed by atoms with E-state index in [0.717, 1.165) is 0 Å². The van der Waals surface area contributed by atoms with E-state index in [9.17, 15) is 0 Å². The Morgan fingerprint density at radius 3 is 2.58 bits per heavy atom. The molecule has 0 spiro atoms. The van der Waals surface area contributed by atoms with Crippen molar-refractivity contribution in [1.29, 1.82) is 0 Å². The summed E-state index contributed by atoms with van der Waals surface area (Å²) in [5.41, 5.74) is 4.18. The lowest BCUT2D eigenvalue weighted by Crippen LogP contribution is -2.17. The van der Waals surface area contributed by atoms with E-state index in [4.69, 9.17) is 23.2 Å². The molecule has 3 rings (SSSR count). The summed E-state index contributed by atoms with van der Waals surface area (Å²) >= 11 is 12.2. The summed E-state index contributed by atoms with van der Waals surface area (Å²) in [5.74, 6) is 1.14. The third-order valence-electron chi connectivity index (χ3n) is 3.98. The van der Waals surface area contributed by atoms with Crippen LogP contribution in [0.15, 0.2) is 42.5 Å². The van der Waals surface area contributed by atoms with Crippen molar-refractivity contribution in [1.82, 2.24) is 0 Å². The van der Waals surface area contributed by atoms with Crippen LogP contribution in [0, 0.1) is 5.92 Å². The topological polar surface area (TPSA) is 0 Å². The molecule has 0 bridgehead atoms. The molecule has 1 unspecified atom stereocenters. The van der Waals surface area contributed by atoms with Crippen molar-refractivity contribution in [2.75, 3.05) is 0 Å². The van der Waals surface area contributed by atoms with Crippen molar-refractivity contribution in [3.8, 4) is 0 Å². The number of hydrogen-bond acceptors (Lipinski definition) is 0. The number of halogens is 2. The van der Waals surface area contributed by atoms with Crippen molar-refractivity contribution in [2.24, 2.45) is 5.92 Å². The first-order chi connectivity index (χ1) is 9.15. The number of hydrogen-bond donors (Lipinski definition) is 0. The van der Waals surface area contributed by atoms with Gasteiger partial charge in [0.1, 0.15) is 0 Å². The molecule has 0 fully saturated rings. The minimum atomic E-state index is 0.440. The maximum absolute atomic E-state index is 6.16. The van der Waals surface area contributed by atoms with Crippen molar-refractivity contribution in [3.63, 3.8) is 0 Å². The van der Waals surface area contributed by atoms with Crippen LogP contribution in [-0.4, -0.2) is 0 Å². The second-order valence-electron chi connectivity index (χ2n) is 5.47. The number of rotatable bonds is 1. The van der Waals surface area contributed by atoms with Gasteiger partial charge in [-0.3, -0.25) is 0 Å². The van der Waals surface area contributed by atoms with Gasteiger partial charge in [-0.05, 0) is 47.6 Å². The molecule has 0 heterocycles. The van der Waals surface area contributed by atoms with E-state index in [1.165, 1.54) is 29.5 Å². The Morgan fingerprint density at radius 2 is 1.79 bits per heavy atom. The molecular weight excluding hydrogens is 275 g/mol. The monoisotopic (exact) mass is 290 g/mol. The van der Waals surface area contributed by atoms with Crippen LogP contribution in [0.25, 0.3) is 0 Å². The maximum atomic E-state index is 6.16. The van der Waals surface area contributed by atoms with Gasteiger partial charge in [-0.1, -0.05) is 60.5 Å². The van der Waals surface area contributed by atoms with Gasteiger partial charge in [-0.25, -0.2) is 0 Å². The highest BCUT2D eigenvalue weighted by molar-refractivity contribution is 6.42. The highest BCUT2D eigenvalue weighted by atomic mass is 35.5. The lowest BCUT2D eigenvalue weighted by molar-refractivity contribution is 0.464. The molecule has 0 nitrogen and oxygen atoms in total. The van der Waals surface area contributed by atoms with Gasteiger partial charge in [0.05, 0.1) is 10.0 Å². The molecule has 0 amide bonds. The molecule has 0 radical (unpaired) electrons. The van der Waals surface area contributed by atoms with Crippen molar-refractivity contribution in [2.45, 2.75) is 25.7 Å². The van der Waals surface area contributed by atoms with E-state index >= 15 is 0 Å². The minimum absolute atomic E-state index is 0.440. The van der Waals surface area contributed by atoms with Gasteiger partial charge in [-0.2, -0.15) is 0 Å². The van der Waals surface area contributed by atoms with Crippen LogP contribution in [0.4, 0.5) is 0 Å². The molecule has 2 aromatic carbocycles. The lowest BCUT2D eigenvalue weighted by atomic mass is 9.75. The summed E-state index contributed by atoms with van der Waals surface area (Å²) in [4.78, 5) is 0. The van der Waals surface area contributed by atoms with E-state index in [0.29, 0.717) is 21.9 Å². The van der Waals surface area contributed by atoms with Crippen LogP contribution < -0.4 is 0 Å². The largest absolute Gasteiger partial charge is 0.0827 e. The van der Waals surface area contributed by atoms with Crippen LogP contribution in [0.1, 0.15) is 36.0 Å². The molecule has 19 heavy (non-hydrogen) atoms. The average Bonchev–Trinajstić information content (AvgIpc) is 2.41. The Bertz CT molecular complexity index is 604. The first kappa shape index (κ1) is 13.0. The zero-order chi connectivity index (χ0) is 13.4. The fourth-order valence-electron chi connectivity index (χ4n) is 3.09. The molecule has 0 aliphatic heterocycles. The van der Waals surface area contributed by atoms with Crippen LogP contribution in [0.3, 0.4) is 0 Å². The molecule has 98 valence electrons. The second-order valence-corrected chi connectivity index (χ2v) is 6.28. The van der Waals surface area contributed by atoms with Gasteiger partial charge < -0.3 is 0 Å². The highest BCUT2D eigenvalue weighted by Gasteiger charge is 2.25. The Morgan fingerprint density at radius 1 is 1.00 bits per heavy atom. The predicted molar refractivity (Wildman–Crippen MR) is 82.2 cm³/mol. The predicted octanol–water partition coefficient (Wildman–Crippen LogP) is 5.71. The summed E-state index contributed by atoms with van der Waals surface area (Å²) in [6.07, 6.45) is 2.35. The zero-order valence-electron chi connectivity index (χ0n) is 10.9. The Balaban J connectivity index is 2.07. The number of fused-ring (bicyclic) bond motifs is 1. The van der Waals surface area contributed by atoms with Gasteiger partial charge in [-0.15, -0.1) is 0 Å². The molecule has 2 atom stereocenters. The van der Waals surface area contributed by atoms with Gasteiger partial charge in [0.2, 0.25) is 0 Å². The molecule has 0 N–H and O–H groups in total. The number of benzene rings is 2. The molecule has 0 saturated carbocycles. The molecule has 0 saturated heterocycles. The van der Waals surface area contributed by atoms with Crippen LogP contribution in [-0.2, 0) is 6.42 Å². The molecule has 2 aromatic rings. The smallest absolute Gasteiger partial charge is 0.0595 e. The third-order valence-corrected chi connectivity index (χ3v) is 4.72. The molecule has 2 heteroatoms. The lowest BCUT2D eigenvalue weighted by Gasteiger charge is -2.30. The first-order valence-electron chi connectivity index (χ1n) is 6.68. The highest BCUT2D eigenvalue weighted by Crippen LogP contribution is 2.40. The minimum Gasteiger partial charge on any atom is -0.0827 e. The van der Waals surface area contributed by atoms with E-state index in [2.05, 4.69) is 37.3 Å². The van der Waals surface area contributed by atoms with Crippen LogP contribution >= 0.6 is 23.2 Å². The normalized spacial score (nSPS) is 22.1. The summed E-state index contributed by atoms with van der Waals surface area (Å²) in [6, 6.07) is 14.8. The molecule has 1 aliphatic carbocycles. The Hall–Kier alpha value is -0.980.